The van der Waals surface area contributed by atoms with Crippen molar-refractivity contribution in [1.29, 1.82) is 0 Å². The quantitative estimate of drug-likeness (QED) is 0.671. The zero-order valence-corrected chi connectivity index (χ0v) is 11.4. The van der Waals surface area contributed by atoms with E-state index in [0.29, 0.717) is 4.47 Å². The number of carbonyl (C=O) groups excluding carboxylic acids is 1. The molecule has 0 aliphatic carbocycles. The van der Waals surface area contributed by atoms with Gasteiger partial charge in [0.15, 0.2) is 6.04 Å². The van der Waals surface area contributed by atoms with Crippen molar-refractivity contribution in [1.82, 2.24) is 5.32 Å². The molecule has 0 saturated carbocycles. The van der Waals surface area contributed by atoms with E-state index in [4.69, 9.17) is 5.11 Å². The molecule has 0 bridgehead atoms. The third-order valence-corrected chi connectivity index (χ3v) is 2.87. The van der Waals surface area contributed by atoms with Crippen LogP contribution in [0.5, 0.6) is 0 Å². The number of carbonyl (C=O) groups is 2. The molecule has 6 nitrogen and oxygen atoms in total. The number of amides is 2. The fraction of sp³-hybridized carbons (Fsp3) is 0.273. The van der Waals surface area contributed by atoms with E-state index in [0.717, 1.165) is 12.1 Å². The van der Waals surface area contributed by atoms with Gasteiger partial charge < -0.3 is 20.8 Å². The van der Waals surface area contributed by atoms with Gasteiger partial charge in [-0.1, -0.05) is 0 Å². The fourth-order valence-electron chi connectivity index (χ4n) is 1.28. The highest BCUT2D eigenvalue weighted by molar-refractivity contribution is 9.10. The van der Waals surface area contributed by atoms with Crippen LogP contribution in [0.15, 0.2) is 22.7 Å². The number of hydrogen-bond acceptors (Lipinski definition) is 3. The van der Waals surface area contributed by atoms with Crippen molar-refractivity contribution in [3.05, 3.63) is 28.5 Å². The van der Waals surface area contributed by atoms with Crippen LogP contribution in [0.1, 0.15) is 6.92 Å². The van der Waals surface area contributed by atoms with Gasteiger partial charge in [0.2, 0.25) is 0 Å². The van der Waals surface area contributed by atoms with Crippen molar-refractivity contribution in [3.8, 4) is 0 Å². The molecule has 0 aliphatic heterocycles. The summed E-state index contributed by atoms with van der Waals surface area (Å²) < 4.78 is 13.1. The highest BCUT2D eigenvalue weighted by atomic mass is 79.9. The number of aliphatic hydroxyl groups excluding tert-OH is 1. The number of carboxylic acid groups (broad SMARTS) is 1. The molecule has 0 saturated heterocycles. The van der Waals surface area contributed by atoms with Crippen molar-refractivity contribution in [2.45, 2.75) is 19.1 Å². The predicted octanol–water partition coefficient (Wildman–Crippen LogP) is 1.54. The van der Waals surface area contributed by atoms with Crippen LogP contribution in [0.3, 0.4) is 0 Å². The van der Waals surface area contributed by atoms with E-state index >= 15 is 0 Å². The molecule has 0 radical (unpaired) electrons. The number of aliphatic hydroxyl groups is 1. The molecule has 104 valence electrons. The first-order valence-electron chi connectivity index (χ1n) is 5.24. The van der Waals surface area contributed by atoms with Crippen LogP contribution in [0.4, 0.5) is 14.9 Å². The number of nitrogens with one attached hydrogen (secondary N) is 2. The average molecular weight is 335 g/mol. The fourth-order valence-corrected chi connectivity index (χ4v) is 1.73. The monoisotopic (exact) mass is 334 g/mol. The number of carboxylic acids is 1. The second-order valence-electron chi connectivity index (χ2n) is 3.78. The van der Waals surface area contributed by atoms with Crippen molar-refractivity contribution < 1.29 is 24.2 Å². The molecule has 2 unspecified atom stereocenters. The van der Waals surface area contributed by atoms with Gasteiger partial charge in [0.1, 0.15) is 5.82 Å². The van der Waals surface area contributed by atoms with Gasteiger partial charge in [0.25, 0.3) is 0 Å². The van der Waals surface area contributed by atoms with E-state index in [-0.39, 0.29) is 5.69 Å². The Bertz CT molecular complexity index is 496. The lowest BCUT2D eigenvalue weighted by Crippen LogP contribution is -2.49. The Kier molecular flexibility index (Phi) is 5.25. The SMILES string of the molecule is CC(O)C(NC(=O)Nc1ccc(F)cc1Br)C(=O)O. The minimum atomic E-state index is -1.43. The summed E-state index contributed by atoms with van der Waals surface area (Å²) in [6.07, 6.45) is -1.25. The van der Waals surface area contributed by atoms with Gasteiger partial charge in [-0.25, -0.2) is 14.0 Å². The average Bonchev–Trinajstić information content (AvgIpc) is 2.29. The molecule has 1 aromatic rings. The second kappa shape index (κ2) is 6.48. The molecule has 8 heteroatoms. The van der Waals surface area contributed by atoms with Gasteiger partial charge >= 0.3 is 12.0 Å². The number of anilines is 1. The van der Waals surface area contributed by atoms with E-state index in [1.165, 1.54) is 13.0 Å². The van der Waals surface area contributed by atoms with Crippen molar-refractivity contribution >= 4 is 33.6 Å². The van der Waals surface area contributed by atoms with E-state index in [1.54, 1.807) is 0 Å². The Labute approximate surface area is 116 Å². The molecule has 4 N–H and O–H groups in total. The molecular weight excluding hydrogens is 323 g/mol. The molecule has 0 aromatic heterocycles. The Morgan fingerprint density at radius 1 is 1.42 bits per heavy atom. The van der Waals surface area contributed by atoms with Crippen LogP contribution >= 0.6 is 15.9 Å². The maximum atomic E-state index is 12.8. The molecule has 19 heavy (non-hydrogen) atoms. The first-order chi connectivity index (χ1) is 8.81. The second-order valence-corrected chi connectivity index (χ2v) is 4.63. The van der Waals surface area contributed by atoms with E-state index in [1.807, 2.05) is 0 Å². The predicted molar refractivity (Wildman–Crippen MR) is 69.4 cm³/mol. The lowest BCUT2D eigenvalue weighted by molar-refractivity contribution is -0.141. The van der Waals surface area contributed by atoms with Crippen LogP contribution in [-0.2, 0) is 4.79 Å². The molecule has 0 heterocycles. The van der Waals surface area contributed by atoms with E-state index < -0.39 is 30.0 Å². The number of rotatable bonds is 4. The highest BCUT2D eigenvalue weighted by Crippen LogP contribution is 2.22. The summed E-state index contributed by atoms with van der Waals surface area (Å²) in [5, 5.41) is 22.4. The largest absolute Gasteiger partial charge is 0.480 e. The summed E-state index contributed by atoms with van der Waals surface area (Å²) in [5.74, 6) is -1.84. The molecule has 2 amide bonds. The van der Waals surface area contributed by atoms with Crippen molar-refractivity contribution in [3.63, 3.8) is 0 Å². The van der Waals surface area contributed by atoms with Crippen LogP contribution in [0.2, 0.25) is 0 Å². The third-order valence-electron chi connectivity index (χ3n) is 2.21. The summed E-state index contributed by atoms with van der Waals surface area (Å²) >= 11 is 3.05. The minimum absolute atomic E-state index is 0.272. The van der Waals surface area contributed by atoms with Gasteiger partial charge in [0, 0.05) is 4.47 Å². The summed E-state index contributed by atoms with van der Waals surface area (Å²) in [4.78, 5) is 22.3. The molecule has 0 aliphatic rings. The van der Waals surface area contributed by atoms with E-state index in [9.17, 15) is 19.1 Å². The summed E-state index contributed by atoms with van der Waals surface area (Å²) in [6, 6.07) is 1.36. The normalized spacial score (nSPS) is 13.5. The van der Waals surface area contributed by atoms with Gasteiger partial charge in [-0.3, -0.25) is 0 Å². The van der Waals surface area contributed by atoms with Gasteiger partial charge in [-0.2, -0.15) is 0 Å². The van der Waals surface area contributed by atoms with Gasteiger partial charge in [0.05, 0.1) is 11.8 Å². The highest BCUT2D eigenvalue weighted by Gasteiger charge is 2.25. The number of benzene rings is 1. The van der Waals surface area contributed by atoms with Gasteiger partial charge in [-0.05, 0) is 41.1 Å². The molecule has 1 aromatic carbocycles. The first-order valence-corrected chi connectivity index (χ1v) is 6.04. The standard InChI is InChI=1S/C11H12BrFN2O4/c1-5(16)9(10(17)18)15-11(19)14-8-3-2-6(13)4-7(8)12/h2-5,9,16H,1H3,(H,17,18)(H2,14,15,19). The summed E-state index contributed by atoms with van der Waals surface area (Å²) in [7, 11) is 0. The smallest absolute Gasteiger partial charge is 0.328 e. The minimum Gasteiger partial charge on any atom is -0.480 e. The van der Waals surface area contributed by atoms with Crippen LogP contribution in [0, 0.1) is 5.82 Å². The van der Waals surface area contributed by atoms with Gasteiger partial charge in [-0.15, -0.1) is 0 Å². The zero-order valence-electron chi connectivity index (χ0n) is 9.85. The van der Waals surface area contributed by atoms with Crippen molar-refractivity contribution in [2.24, 2.45) is 0 Å². The third kappa shape index (κ3) is 4.49. The number of urea groups is 1. The number of aliphatic carboxylic acids is 1. The van der Waals surface area contributed by atoms with E-state index in [2.05, 4.69) is 26.6 Å². The molecule has 0 fully saturated rings. The molecular formula is C11H12BrFN2O4. The molecule has 0 spiro atoms. The molecule has 1 rings (SSSR count). The maximum Gasteiger partial charge on any atom is 0.328 e. The number of halogens is 2. The topological polar surface area (TPSA) is 98.7 Å². The Morgan fingerprint density at radius 2 is 2.05 bits per heavy atom. The lowest BCUT2D eigenvalue weighted by Gasteiger charge is -2.17. The molecule has 2 atom stereocenters. The zero-order chi connectivity index (χ0) is 14.6. The Balaban J connectivity index is 2.72. The Hall–Kier alpha value is -1.67. The lowest BCUT2D eigenvalue weighted by atomic mass is 10.2. The maximum absolute atomic E-state index is 12.8. The number of hydrogen-bond donors (Lipinski definition) is 4. The van der Waals surface area contributed by atoms with Crippen LogP contribution < -0.4 is 10.6 Å². The Morgan fingerprint density at radius 3 is 2.53 bits per heavy atom. The first kappa shape index (κ1) is 15.4. The van der Waals surface area contributed by atoms with Crippen LogP contribution in [-0.4, -0.2) is 34.4 Å². The van der Waals surface area contributed by atoms with Crippen molar-refractivity contribution in [2.75, 3.05) is 5.32 Å². The summed E-state index contributed by atoms with van der Waals surface area (Å²) in [6.45, 7) is 1.24. The summed E-state index contributed by atoms with van der Waals surface area (Å²) in [5.41, 5.74) is 0.272. The van der Waals surface area contributed by atoms with Crippen LogP contribution in [0.25, 0.3) is 0 Å².